The lowest BCUT2D eigenvalue weighted by molar-refractivity contribution is -0.153. The van der Waals surface area contributed by atoms with Crippen LogP contribution in [0.25, 0.3) is 27.7 Å². The van der Waals surface area contributed by atoms with Gasteiger partial charge in [-0.15, -0.1) is 0 Å². The molecule has 0 aromatic heterocycles. The fourth-order valence-corrected chi connectivity index (χ4v) is 7.57. The predicted molar refractivity (Wildman–Crippen MR) is 165 cm³/mol. The Hall–Kier alpha value is -4.51. The average molecular weight is 598 g/mol. The number of phenols is 1. The number of phenolic OH excluding ortho intramolecular Hbond substituents is 1. The van der Waals surface area contributed by atoms with E-state index in [-0.39, 0.29) is 29.7 Å². The Balaban J connectivity index is 1.56. The molecule has 3 aromatic carbocycles. The number of amides is 1. The zero-order valence-electron chi connectivity index (χ0n) is 25.0. The number of primary amides is 1. The maximum atomic E-state index is 14.1. The van der Waals surface area contributed by atoms with E-state index in [2.05, 4.69) is 17.0 Å². The topological polar surface area (TPSA) is 165 Å². The summed E-state index contributed by atoms with van der Waals surface area (Å²) >= 11 is 0. The second-order valence-electron chi connectivity index (χ2n) is 12.5. The number of nitrogens with two attached hydrogens (primary N) is 1. The maximum Gasteiger partial charge on any atom is 0.255 e. The number of nitrogens with zero attached hydrogens (tertiary/aromatic N) is 2. The van der Waals surface area contributed by atoms with Gasteiger partial charge in [0.1, 0.15) is 22.8 Å². The molecule has 0 bridgehead atoms. The summed E-state index contributed by atoms with van der Waals surface area (Å²) in [6.45, 7) is 0.736. The smallest absolute Gasteiger partial charge is 0.255 e. The fraction of sp³-hybridized carbons (Fsp3) is 0.324. The summed E-state index contributed by atoms with van der Waals surface area (Å²) in [7, 11) is 7.16. The first-order valence-corrected chi connectivity index (χ1v) is 14.4. The van der Waals surface area contributed by atoms with Crippen molar-refractivity contribution in [2.75, 3.05) is 28.2 Å². The van der Waals surface area contributed by atoms with E-state index in [1.807, 2.05) is 38.4 Å². The summed E-state index contributed by atoms with van der Waals surface area (Å²) in [5.41, 5.74) is 5.23. The third-order valence-corrected chi connectivity index (χ3v) is 9.40. The van der Waals surface area contributed by atoms with Crippen LogP contribution in [0.1, 0.15) is 23.1 Å². The molecule has 1 amide bonds. The van der Waals surface area contributed by atoms with Crippen LogP contribution in [0.15, 0.2) is 65.4 Å². The summed E-state index contributed by atoms with van der Waals surface area (Å²) in [5, 5.41) is 47.6. The number of aliphatic hydroxyl groups is 3. The van der Waals surface area contributed by atoms with Gasteiger partial charge in [-0.25, -0.2) is 0 Å². The molecule has 1 fully saturated rings. The van der Waals surface area contributed by atoms with E-state index in [1.165, 1.54) is 11.0 Å². The van der Waals surface area contributed by atoms with Gasteiger partial charge in [-0.2, -0.15) is 0 Å². The fourth-order valence-electron chi connectivity index (χ4n) is 7.57. The van der Waals surface area contributed by atoms with Gasteiger partial charge in [0.05, 0.1) is 11.6 Å². The zero-order valence-corrected chi connectivity index (χ0v) is 25.0. The number of aromatic hydroxyl groups is 1. The SMILES string of the molecule is CN(C)Cc1ccc(-c2ccc(O)c3c2C[C@H]2C[C@H]4C(N(C)C)C(=O)C(C(N)=O)=C(O)[C@@]4(O)C(=O)C2=C3O)c2ccccc12. The molecule has 44 heavy (non-hydrogen) atoms. The molecule has 3 aliphatic rings. The molecule has 0 saturated heterocycles. The number of hydrogen-bond donors (Lipinski definition) is 5. The molecule has 10 heteroatoms. The Bertz CT molecular complexity index is 1840. The lowest BCUT2D eigenvalue weighted by atomic mass is 9.57. The van der Waals surface area contributed by atoms with Gasteiger partial charge in [0.25, 0.3) is 5.91 Å². The molecule has 0 radical (unpaired) electrons. The van der Waals surface area contributed by atoms with Gasteiger partial charge in [-0.1, -0.05) is 42.5 Å². The Morgan fingerprint density at radius 3 is 2.25 bits per heavy atom. The molecule has 0 heterocycles. The van der Waals surface area contributed by atoms with Crippen LogP contribution in [0.2, 0.25) is 0 Å². The Kier molecular flexibility index (Phi) is 6.92. The molecule has 6 N–H and O–H groups in total. The second kappa shape index (κ2) is 10.3. The number of benzene rings is 3. The van der Waals surface area contributed by atoms with Crippen molar-refractivity contribution < 1.29 is 34.8 Å². The number of carbonyl (C=O) groups excluding carboxylic acids is 3. The maximum absolute atomic E-state index is 14.1. The van der Waals surface area contributed by atoms with Crippen molar-refractivity contribution in [2.24, 2.45) is 17.6 Å². The van der Waals surface area contributed by atoms with Crippen molar-refractivity contribution in [3.8, 4) is 16.9 Å². The molecule has 6 rings (SSSR count). The Morgan fingerprint density at radius 1 is 0.955 bits per heavy atom. The summed E-state index contributed by atoms with van der Waals surface area (Å²) in [5.74, 6) is -6.71. The van der Waals surface area contributed by atoms with Crippen LogP contribution in [-0.4, -0.2) is 87.5 Å². The van der Waals surface area contributed by atoms with E-state index in [4.69, 9.17) is 5.73 Å². The summed E-state index contributed by atoms with van der Waals surface area (Å²) in [6.07, 6.45) is 0.245. The van der Waals surface area contributed by atoms with Crippen molar-refractivity contribution >= 4 is 34.0 Å². The molecule has 1 unspecified atom stereocenters. The number of likely N-dealkylation sites (N-methyl/N-ethyl adjacent to an activating group) is 1. The van der Waals surface area contributed by atoms with Gasteiger partial charge in [-0.05, 0) is 86.0 Å². The molecular weight excluding hydrogens is 562 g/mol. The van der Waals surface area contributed by atoms with Gasteiger partial charge < -0.3 is 31.1 Å². The zero-order chi connectivity index (χ0) is 31.8. The van der Waals surface area contributed by atoms with Gasteiger partial charge in [0, 0.05) is 18.0 Å². The summed E-state index contributed by atoms with van der Waals surface area (Å²) in [4.78, 5) is 43.3. The molecule has 0 spiro atoms. The average Bonchev–Trinajstić information content (AvgIpc) is 2.95. The minimum atomic E-state index is -2.67. The molecule has 3 aromatic rings. The molecule has 3 aliphatic carbocycles. The van der Waals surface area contributed by atoms with E-state index in [1.54, 1.807) is 20.2 Å². The Morgan fingerprint density at radius 2 is 1.61 bits per heavy atom. The highest BCUT2D eigenvalue weighted by atomic mass is 16.3. The van der Waals surface area contributed by atoms with Gasteiger partial charge >= 0.3 is 0 Å². The van der Waals surface area contributed by atoms with Gasteiger partial charge in [-0.3, -0.25) is 19.3 Å². The van der Waals surface area contributed by atoms with Crippen molar-refractivity contribution in [1.82, 2.24) is 9.80 Å². The van der Waals surface area contributed by atoms with Crippen molar-refractivity contribution in [1.29, 1.82) is 0 Å². The monoisotopic (exact) mass is 597 g/mol. The van der Waals surface area contributed by atoms with Crippen LogP contribution in [0.3, 0.4) is 0 Å². The minimum absolute atomic E-state index is 0.0311. The molecular formula is C34H35N3O7. The minimum Gasteiger partial charge on any atom is -0.508 e. The largest absolute Gasteiger partial charge is 0.508 e. The van der Waals surface area contributed by atoms with Gasteiger partial charge in [0.15, 0.2) is 11.4 Å². The summed E-state index contributed by atoms with van der Waals surface area (Å²) < 4.78 is 0. The van der Waals surface area contributed by atoms with Crippen LogP contribution in [0.5, 0.6) is 5.75 Å². The first kappa shape index (κ1) is 29.6. The van der Waals surface area contributed by atoms with Crippen LogP contribution in [-0.2, 0) is 27.3 Å². The third-order valence-electron chi connectivity index (χ3n) is 9.40. The third kappa shape index (κ3) is 4.09. The van der Waals surface area contributed by atoms with Crippen LogP contribution in [0.4, 0.5) is 0 Å². The second-order valence-corrected chi connectivity index (χ2v) is 12.5. The van der Waals surface area contributed by atoms with Crippen molar-refractivity contribution in [2.45, 2.75) is 31.0 Å². The van der Waals surface area contributed by atoms with Crippen LogP contribution >= 0.6 is 0 Å². The molecule has 1 saturated carbocycles. The number of aliphatic hydroxyl groups excluding tert-OH is 2. The van der Waals surface area contributed by atoms with E-state index < -0.39 is 58.0 Å². The number of Topliss-reactive ketones (excluding diaryl/α,β-unsaturated/α-hetero) is 2. The normalized spacial score (nSPS) is 25.0. The van der Waals surface area contributed by atoms with Crippen molar-refractivity contribution in [3.05, 3.63) is 82.1 Å². The lowest BCUT2D eigenvalue weighted by Gasteiger charge is -2.50. The van der Waals surface area contributed by atoms with Crippen molar-refractivity contribution in [3.63, 3.8) is 0 Å². The highest BCUT2D eigenvalue weighted by Crippen LogP contribution is 2.54. The molecule has 0 aliphatic heterocycles. The summed E-state index contributed by atoms with van der Waals surface area (Å²) in [6, 6.07) is 14.2. The van der Waals surface area contributed by atoms with E-state index >= 15 is 0 Å². The quantitative estimate of drug-likeness (QED) is 0.278. The lowest BCUT2D eigenvalue weighted by Crippen LogP contribution is -2.65. The van der Waals surface area contributed by atoms with E-state index in [0.29, 0.717) is 5.56 Å². The number of rotatable bonds is 5. The predicted octanol–water partition coefficient (Wildman–Crippen LogP) is 2.85. The molecule has 228 valence electrons. The number of fused-ring (bicyclic) bond motifs is 4. The van der Waals surface area contributed by atoms with Gasteiger partial charge in [0.2, 0.25) is 5.78 Å². The van der Waals surface area contributed by atoms with Crippen LogP contribution < -0.4 is 5.73 Å². The number of ketones is 2. The standard InChI is InChI=1S/C34H35N3O7/c1-36(2)15-16-9-10-20(19-8-6-5-7-18(16)19)21-11-12-24(38)26-22(21)13-17-14-23-28(37(3)4)30(40)27(33(35)43)32(42)34(23,44)31(41)25(17)29(26)39/h5-12,17,23,28,38-39,42,44H,13-15H2,1-4H3,(H2,35,43)/t17-,23-,28?,34-/m0/s1. The highest BCUT2D eigenvalue weighted by molar-refractivity contribution is 6.24. The first-order chi connectivity index (χ1) is 20.8. The van der Waals surface area contributed by atoms with E-state index in [0.717, 1.165) is 34.0 Å². The van der Waals surface area contributed by atoms with Crippen LogP contribution in [0, 0.1) is 11.8 Å². The highest BCUT2D eigenvalue weighted by Gasteiger charge is 2.64. The molecule has 10 nitrogen and oxygen atoms in total. The molecule has 4 atom stereocenters. The first-order valence-electron chi connectivity index (χ1n) is 14.4. The van der Waals surface area contributed by atoms with E-state index in [9.17, 15) is 34.8 Å². The number of hydrogen-bond acceptors (Lipinski definition) is 9. The number of carbonyl (C=O) groups is 3. The Labute approximate surface area is 254 Å².